The van der Waals surface area contributed by atoms with E-state index in [0.717, 1.165) is 6.42 Å². The molecule has 0 aromatic rings. The van der Waals surface area contributed by atoms with Gasteiger partial charge in [-0.2, -0.15) is 13.2 Å². The molecule has 3 N–H and O–H groups in total. The van der Waals surface area contributed by atoms with Gasteiger partial charge >= 0.3 is 6.18 Å². The van der Waals surface area contributed by atoms with Crippen LogP contribution in [0.1, 0.15) is 27.2 Å². The first kappa shape index (κ1) is 15.3. The summed E-state index contributed by atoms with van der Waals surface area (Å²) in [5, 5.41) is 7.12. The summed E-state index contributed by atoms with van der Waals surface area (Å²) in [7, 11) is 0. The van der Waals surface area contributed by atoms with Gasteiger partial charge < -0.3 is 5.73 Å². The molecule has 0 aromatic heterocycles. The van der Waals surface area contributed by atoms with E-state index in [1.54, 1.807) is 0 Å². The highest BCUT2D eigenvalue weighted by atomic mass is 19.4. The summed E-state index contributed by atoms with van der Waals surface area (Å²) in [6.45, 7) is 6.50. The van der Waals surface area contributed by atoms with E-state index in [2.05, 4.69) is 6.92 Å². The number of alkyl halides is 3. The van der Waals surface area contributed by atoms with Crippen molar-refractivity contribution in [2.45, 2.75) is 39.4 Å². The Morgan fingerprint density at radius 1 is 1.39 bits per heavy atom. The van der Waals surface area contributed by atoms with Crippen molar-refractivity contribution in [2.75, 3.05) is 13.1 Å². The Labute approximate surface area is 106 Å². The van der Waals surface area contributed by atoms with Crippen LogP contribution in [0.25, 0.3) is 0 Å². The highest BCUT2D eigenvalue weighted by molar-refractivity contribution is 5.80. The Morgan fingerprint density at radius 2 is 1.94 bits per heavy atom. The lowest BCUT2D eigenvalue weighted by Gasteiger charge is -2.42. The van der Waals surface area contributed by atoms with Gasteiger partial charge in [0.25, 0.3) is 0 Å². The third-order valence-corrected chi connectivity index (χ3v) is 3.91. The molecule has 0 saturated carbocycles. The van der Waals surface area contributed by atoms with Gasteiger partial charge in [-0.25, -0.2) is 0 Å². The van der Waals surface area contributed by atoms with Gasteiger partial charge in [0.15, 0.2) is 0 Å². The summed E-state index contributed by atoms with van der Waals surface area (Å²) in [6, 6.07) is 0.102. The molecule has 1 rings (SSSR count). The monoisotopic (exact) mass is 265 g/mol. The van der Waals surface area contributed by atoms with Gasteiger partial charge in [-0.1, -0.05) is 13.8 Å². The molecule has 0 aromatic carbocycles. The summed E-state index contributed by atoms with van der Waals surface area (Å²) >= 11 is 0. The van der Waals surface area contributed by atoms with E-state index in [9.17, 15) is 13.2 Å². The van der Waals surface area contributed by atoms with Crippen LogP contribution in [0.15, 0.2) is 0 Å². The van der Waals surface area contributed by atoms with E-state index in [1.807, 2.05) is 18.7 Å². The third kappa shape index (κ3) is 3.60. The lowest BCUT2D eigenvalue weighted by atomic mass is 9.85. The molecule has 1 fully saturated rings. The molecule has 4 unspecified atom stereocenters. The fraction of sp³-hybridized carbons (Fsp3) is 0.917. The van der Waals surface area contributed by atoms with Gasteiger partial charge in [-0.05, 0) is 25.2 Å². The number of hydrogen-bond acceptors (Lipinski definition) is 2. The zero-order valence-electron chi connectivity index (χ0n) is 11.1. The zero-order valence-corrected chi connectivity index (χ0v) is 11.1. The molecule has 1 aliphatic rings. The number of amidine groups is 1. The van der Waals surface area contributed by atoms with Crippen LogP contribution < -0.4 is 5.73 Å². The first-order valence-electron chi connectivity index (χ1n) is 6.27. The van der Waals surface area contributed by atoms with Crippen LogP contribution in [0.4, 0.5) is 13.2 Å². The van der Waals surface area contributed by atoms with E-state index in [-0.39, 0.29) is 12.6 Å². The average Bonchev–Trinajstić information content (AvgIpc) is 2.18. The Balaban J connectivity index is 2.77. The van der Waals surface area contributed by atoms with Crippen LogP contribution in [0, 0.1) is 23.2 Å². The van der Waals surface area contributed by atoms with Crippen molar-refractivity contribution in [1.82, 2.24) is 4.90 Å². The van der Waals surface area contributed by atoms with Crippen molar-refractivity contribution in [3.8, 4) is 0 Å². The Hall–Kier alpha value is -0.780. The number of nitrogens with zero attached hydrogens (tertiary/aromatic N) is 1. The van der Waals surface area contributed by atoms with Crippen molar-refractivity contribution in [2.24, 2.45) is 23.5 Å². The maximum Gasteiger partial charge on any atom is 0.399 e. The molecule has 1 aliphatic heterocycles. The molecule has 18 heavy (non-hydrogen) atoms. The Bertz CT molecular complexity index is 303. The second-order valence-electron chi connectivity index (χ2n) is 5.56. The highest BCUT2D eigenvalue weighted by Gasteiger charge is 2.44. The second-order valence-corrected chi connectivity index (χ2v) is 5.56. The number of piperidine rings is 1. The maximum absolute atomic E-state index is 12.8. The molecule has 4 atom stereocenters. The number of nitrogens with one attached hydrogen (secondary N) is 1. The van der Waals surface area contributed by atoms with E-state index in [1.165, 1.54) is 0 Å². The maximum atomic E-state index is 12.8. The Kier molecular flexibility index (Phi) is 4.64. The summed E-state index contributed by atoms with van der Waals surface area (Å²) in [4.78, 5) is 1.82. The summed E-state index contributed by atoms with van der Waals surface area (Å²) < 4.78 is 38.4. The smallest absolute Gasteiger partial charge is 0.387 e. The fourth-order valence-electron chi connectivity index (χ4n) is 2.69. The molecule has 1 saturated heterocycles. The predicted molar refractivity (Wildman–Crippen MR) is 65.4 cm³/mol. The van der Waals surface area contributed by atoms with Crippen LogP contribution in [-0.4, -0.2) is 36.0 Å². The highest BCUT2D eigenvalue weighted by Crippen LogP contribution is 2.32. The fourth-order valence-corrected chi connectivity index (χ4v) is 2.69. The molecule has 1 heterocycles. The topological polar surface area (TPSA) is 53.1 Å². The van der Waals surface area contributed by atoms with Crippen molar-refractivity contribution < 1.29 is 13.2 Å². The van der Waals surface area contributed by atoms with Gasteiger partial charge in [0, 0.05) is 19.1 Å². The van der Waals surface area contributed by atoms with Crippen LogP contribution in [0.2, 0.25) is 0 Å². The van der Waals surface area contributed by atoms with Gasteiger partial charge in [-0.15, -0.1) is 0 Å². The summed E-state index contributed by atoms with van der Waals surface area (Å²) in [6.07, 6.45) is -3.40. The molecule has 0 amide bonds. The molecular weight excluding hydrogens is 243 g/mol. The molecule has 0 aliphatic carbocycles. The van der Waals surface area contributed by atoms with Crippen molar-refractivity contribution >= 4 is 5.84 Å². The van der Waals surface area contributed by atoms with Gasteiger partial charge in [-0.3, -0.25) is 10.3 Å². The number of hydrogen-bond donors (Lipinski definition) is 2. The van der Waals surface area contributed by atoms with Crippen molar-refractivity contribution in [3.63, 3.8) is 0 Å². The van der Waals surface area contributed by atoms with E-state index in [4.69, 9.17) is 11.1 Å². The van der Waals surface area contributed by atoms with E-state index < -0.39 is 17.9 Å². The van der Waals surface area contributed by atoms with Crippen LogP contribution in [0.3, 0.4) is 0 Å². The van der Waals surface area contributed by atoms with Gasteiger partial charge in [0.05, 0.1) is 0 Å². The van der Waals surface area contributed by atoms with E-state index >= 15 is 0 Å². The second kappa shape index (κ2) is 5.47. The SMILES string of the molecule is CC1CC(C)C(C)N(CC(C(=N)N)C(F)(F)F)C1. The Morgan fingerprint density at radius 3 is 2.39 bits per heavy atom. The summed E-state index contributed by atoms with van der Waals surface area (Å²) in [5.41, 5.74) is 5.09. The number of rotatable bonds is 3. The van der Waals surface area contributed by atoms with E-state index in [0.29, 0.717) is 18.4 Å². The standard InChI is InChI=1S/C12H22F3N3/c1-7-4-8(2)9(3)18(5-7)6-10(11(16)17)12(13,14)15/h7-10H,4-6H2,1-3H3,(H3,16,17). The van der Waals surface area contributed by atoms with Crippen molar-refractivity contribution in [1.29, 1.82) is 5.41 Å². The first-order chi connectivity index (χ1) is 8.12. The molecule has 0 bridgehead atoms. The largest absolute Gasteiger partial charge is 0.399 e. The number of halogens is 3. The lowest BCUT2D eigenvalue weighted by molar-refractivity contribution is -0.163. The molecular formula is C12H22F3N3. The molecule has 106 valence electrons. The minimum Gasteiger partial charge on any atom is -0.387 e. The molecule has 0 radical (unpaired) electrons. The molecule has 0 spiro atoms. The van der Waals surface area contributed by atoms with Crippen LogP contribution in [0.5, 0.6) is 0 Å². The van der Waals surface area contributed by atoms with Gasteiger partial charge in [0.1, 0.15) is 11.8 Å². The molecule has 6 heteroatoms. The quantitative estimate of drug-likeness (QED) is 0.608. The minimum atomic E-state index is -4.44. The van der Waals surface area contributed by atoms with Crippen LogP contribution in [-0.2, 0) is 0 Å². The van der Waals surface area contributed by atoms with Crippen molar-refractivity contribution in [3.05, 3.63) is 0 Å². The lowest BCUT2D eigenvalue weighted by Crippen LogP contribution is -2.52. The first-order valence-corrected chi connectivity index (χ1v) is 6.27. The van der Waals surface area contributed by atoms with Crippen LogP contribution >= 0.6 is 0 Å². The summed E-state index contributed by atoms with van der Waals surface area (Å²) in [5.74, 6) is -1.88. The molecule has 3 nitrogen and oxygen atoms in total. The minimum absolute atomic E-state index is 0.102. The zero-order chi connectivity index (χ0) is 14.1. The number of nitrogens with two attached hydrogens (primary N) is 1. The normalized spacial score (nSPS) is 32.2. The predicted octanol–water partition coefficient (Wildman–Crippen LogP) is 2.47. The van der Waals surface area contributed by atoms with Gasteiger partial charge in [0.2, 0.25) is 0 Å². The average molecular weight is 265 g/mol. The third-order valence-electron chi connectivity index (χ3n) is 3.91. The number of likely N-dealkylation sites (tertiary alicyclic amines) is 1.